The summed E-state index contributed by atoms with van der Waals surface area (Å²) in [6.07, 6.45) is 3.76. The Labute approximate surface area is 254 Å². The molecule has 4 heteroatoms. The quantitative estimate of drug-likeness (QED) is 0.208. The fraction of sp³-hybridized carbons (Fsp3) is 0.0750. The fourth-order valence-electron chi connectivity index (χ4n) is 8.39. The Balaban J connectivity index is 1.39. The maximum absolute atomic E-state index is 5.52. The van der Waals surface area contributed by atoms with Crippen molar-refractivity contribution in [1.29, 1.82) is 0 Å². The smallest absolute Gasteiger partial charge is 0.155 e. The van der Waals surface area contributed by atoms with E-state index in [1.807, 2.05) is 18.5 Å². The number of aliphatic imine (C=N–C) groups is 2. The zero-order valence-electron chi connectivity index (χ0n) is 23.8. The van der Waals surface area contributed by atoms with E-state index >= 15 is 0 Å². The SMILES string of the molecule is c1ccc(C2=NC3c4ccccc4C4(c5ccccc5-n5c6ccccc6c6cccc4c65)C3C(c3ccncc3)=N2)cc1. The van der Waals surface area contributed by atoms with Crippen LogP contribution in [0.2, 0.25) is 0 Å². The summed E-state index contributed by atoms with van der Waals surface area (Å²) in [5.74, 6) is 0.718. The third-order valence-electron chi connectivity index (χ3n) is 9.97. The molecule has 44 heavy (non-hydrogen) atoms. The van der Waals surface area contributed by atoms with Crippen LogP contribution in [-0.4, -0.2) is 21.1 Å². The van der Waals surface area contributed by atoms with Gasteiger partial charge >= 0.3 is 0 Å². The summed E-state index contributed by atoms with van der Waals surface area (Å²) in [5, 5.41) is 2.55. The summed E-state index contributed by atoms with van der Waals surface area (Å²) in [4.78, 5) is 15.4. The van der Waals surface area contributed by atoms with E-state index in [1.54, 1.807) is 0 Å². The van der Waals surface area contributed by atoms with E-state index in [4.69, 9.17) is 9.98 Å². The van der Waals surface area contributed by atoms with Crippen molar-refractivity contribution in [2.75, 3.05) is 0 Å². The molecule has 3 aliphatic rings. The van der Waals surface area contributed by atoms with Gasteiger partial charge in [-0.25, -0.2) is 4.99 Å². The van der Waals surface area contributed by atoms with E-state index in [-0.39, 0.29) is 12.0 Å². The summed E-state index contributed by atoms with van der Waals surface area (Å²) in [6, 6.07) is 48.1. The van der Waals surface area contributed by atoms with Crippen LogP contribution in [0.4, 0.5) is 0 Å². The highest BCUT2D eigenvalue weighted by Gasteiger charge is 2.60. The van der Waals surface area contributed by atoms with Crippen LogP contribution < -0.4 is 0 Å². The highest BCUT2D eigenvalue weighted by molar-refractivity contribution is 6.18. The van der Waals surface area contributed by atoms with Crippen molar-refractivity contribution in [2.24, 2.45) is 15.9 Å². The molecule has 0 radical (unpaired) electrons. The predicted molar refractivity (Wildman–Crippen MR) is 177 cm³/mol. The lowest BCUT2D eigenvalue weighted by Gasteiger charge is -2.44. The van der Waals surface area contributed by atoms with Crippen LogP contribution >= 0.6 is 0 Å². The first-order valence-electron chi connectivity index (χ1n) is 15.2. The van der Waals surface area contributed by atoms with Crippen LogP contribution in [-0.2, 0) is 5.41 Å². The van der Waals surface area contributed by atoms with Crippen LogP contribution in [0.25, 0.3) is 27.5 Å². The Morgan fingerprint density at radius 1 is 0.568 bits per heavy atom. The zero-order chi connectivity index (χ0) is 28.8. The van der Waals surface area contributed by atoms with Gasteiger partial charge in [0.15, 0.2) is 5.84 Å². The van der Waals surface area contributed by atoms with E-state index in [9.17, 15) is 0 Å². The van der Waals surface area contributed by atoms with Gasteiger partial charge in [0, 0.05) is 34.6 Å². The fourth-order valence-corrected chi connectivity index (χ4v) is 8.39. The first-order chi connectivity index (χ1) is 21.9. The molecule has 4 nitrogen and oxygen atoms in total. The van der Waals surface area contributed by atoms with Gasteiger partial charge in [0.2, 0.25) is 0 Å². The van der Waals surface area contributed by atoms with Crippen molar-refractivity contribution in [3.8, 4) is 5.69 Å². The first-order valence-corrected chi connectivity index (χ1v) is 15.2. The molecule has 0 fully saturated rings. The van der Waals surface area contributed by atoms with Gasteiger partial charge < -0.3 is 4.57 Å². The van der Waals surface area contributed by atoms with Crippen LogP contribution in [0.5, 0.6) is 0 Å². The summed E-state index contributed by atoms with van der Waals surface area (Å²) in [5.41, 5.74) is 11.6. The molecule has 206 valence electrons. The maximum Gasteiger partial charge on any atom is 0.155 e. The molecule has 3 atom stereocenters. The Bertz CT molecular complexity index is 2350. The van der Waals surface area contributed by atoms with Gasteiger partial charge in [-0.05, 0) is 52.1 Å². The van der Waals surface area contributed by atoms with Crippen LogP contribution in [0.1, 0.15) is 39.4 Å². The number of rotatable bonds is 2. The van der Waals surface area contributed by atoms with E-state index in [0.29, 0.717) is 0 Å². The number of nitrogens with zero attached hydrogens (tertiary/aromatic N) is 4. The minimum Gasteiger partial charge on any atom is -0.309 e. The number of aromatic nitrogens is 2. The molecule has 0 saturated carbocycles. The Kier molecular flexibility index (Phi) is 4.73. The topological polar surface area (TPSA) is 42.5 Å². The Morgan fingerprint density at radius 3 is 2.16 bits per heavy atom. The highest BCUT2D eigenvalue weighted by Crippen LogP contribution is 2.64. The number of hydrogen-bond donors (Lipinski definition) is 0. The average Bonchev–Trinajstić information content (AvgIpc) is 3.60. The summed E-state index contributed by atoms with van der Waals surface area (Å²) in [6.45, 7) is 0. The normalized spacial score (nSPS) is 21.1. The zero-order valence-corrected chi connectivity index (χ0v) is 23.8. The molecule has 7 aromatic rings. The second-order valence-electron chi connectivity index (χ2n) is 11.9. The molecule has 1 aliphatic carbocycles. The van der Waals surface area contributed by atoms with Crippen molar-refractivity contribution in [2.45, 2.75) is 11.5 Å². The number of para-hydroxylation sites is 3. The first kappa shape index (κ1) is 23.9. The summed E-state index contributed by atoms with van der Waals surface area (Å²) in [7, 11) is 0. The average molecular weight is 563 g/mol. The van der Waals surface area contributed by atoms with Gasteiger partial charge in [0.05, 0.1) is 33.9 Å². The minimum absolute atomic E-state index is 0.0618. The van der Waals surface area contributed by atoms with Crippen molar-refractivity contribution < 1.29 is 0 Å². The van der Waals surface area contributed by atoms with Crippen molar-refractivity contribution in [1.82, 2.24) is 9.55 Å². The van der Waals surface area contributed by atoms with Gasteiger partial charge in [0.1, 0.15) is 0 Å². The molecule has 0 amide bonds. The van der Waals surface area contributed by atoms with Crippen molar-refractivity contribution >= 4 is 33.4 Å². The Hall–Kier alpha value is -5.61. The lowest BCUT2D eigenvalue weighted by Crippen LogP contribution is -2.44. The standard InChI is InChI=1S/C40H26N4/c1-2-11-26(12-3-1)39-42-36(25-21-23-41-24-22-25)35-37(43-39)29-14-4-6-16-30(29)40(35)31-17-7-9-20-34(31)44-33-19-8-5-13-27(33)28-15-10-18-32(40)38(28)44/h1-24,35,37H. The van der Waals surface area contributed by atoms with E-state index in [1.165, 1.54) is 49.7 Å². The second kappa shape index (κ2) is 8.71. The van der Waals surface area contributed by atoms with Crippen LogP contribution in [0, 0.1) is 5.92 Å². The molecular weight excluding hydrogens is 536 g/mol. The van der Waals surface area contributed by atoms with E-state index < -0.39 is 5.41 Å². The molecule has 2 aliphatic heterocycles. The van der Waals surface area contributed by atoms with Gasteiger partial charge in [-0.1, -0.05) is 109 Å². The number of pyridine rings is 1. The minimum atomic E-state index is -0.504. The third-order valence-corrected chi connectivity index (χ3v) is 9.97. The van der Waals surface area contributed by atoms with Gasteiger partial charge in [0.25, 0.3) is 0 Å². The van der Waals surface area contributed by atoms with Crippen molar-refractivity contribution in [3.63, 3.8) is 0 Å². The number of fused-ring (bicyclic) bond motifs is 12. The largest absolute Gasteiger partial charge is 0.309 e. The molecule has 5 aromatic carbocycles. The van der Waals surface area contributed by atoms with Gasteiger partial charge in [-0.2, -0.15) is 0 Å². The molecule has 3 unspecified atom stereocenters. The molecule has 4 heterocycles. The summed E-state index contributed by atoms with van der Waals surface area (Å²) >= 11 is 0. The van der Waals surface area contributed by atoms with Gasteiger partial charge in [-0.15, -0.1) is 0 Å². The highest BCUT2D eigenvalue weighted by atomic mass is 15.0. The monoisotopic (exact) mass is 562 g/mol. The van der Waals surface area contributed by atoms with E-state index in [2.05, 4.69) is 137 Å². The number of hydrogen-bond acceptors (Lipinski definition) is 3. The molecule has 10 rings (SSSR count). The lowest BCUT2D eigenvalue weighted by molar-refractivity contribution is 0.451. The summed E-state index contributed by atoms with van der Waals surface area (Å²) < 4.78 is 2.49. The van der Waals surface area contributed by atoms with Crippen molar-refractivity contribution in [3.05, 3.63) is 179 Å². The Morgan fingerprint density at radius 2 is 1.27 bits per heavy atom. The molecule has 0 bridgehead atoms. The van der Waals surface area contributed by atoms with E-state index in [0.717, 1.165) is 22.7 Å². The number of benzene rings is 5. The van der Waals surface area contributed by atoms with Gasteiger partial charge in [-0.3, -0.25) is 9.98 Å². The molecule has 0 N–H and O–H groups in total. The van der Waals surface area contributed by atoms with Crippen LogP contribution in [0.3, 0.4) is 0 Å². The van der Waals surface area contributed by atoms with Crippen LogP contribution in [0.15, 0.2) is 156 Å². The molecule has 1 spiro atoms. The molecular formula is C40H26N4. The number of amidine groups is 1. The molecule has 0 saturated heterocycles. The third kappa shape index (κ3) is 2.90. The predicted octanol–water partition coefficient (Wildman–Crippen LogP) is 8.45. The molecule has 2 aromatic heterocycles. The maximum atomic E-state index is 5.52. The second-order valence-corrected chi connectivity index (χ2v) is 11.9. The lowest BCUT2D eigenvalue weighted by atomic mass is 9.60.